The minimum absolute atomic E-state index is 0.340. The number of nitrogens with one attached hydrogen (secondary N) is 2. The minimum atomic E-state index is -0.723. The van der Waals surface area contributed by atoms with Crippen molar-refractivity contribution in [3.8, 4) is 11.5 Å². The molecule has 0 aliphatic heterocycles. The van der Waals surface area contributed by atoms with Crippen LogP contribution in [0.3, 0.4) is 0 Å². The maximum absolute atomic E-state index is 12.0. The molecule has 2 rings (SSSR count). The van der Waals surface area contributed by atoms with Gasteiger partial charge in [-0.05, 0) is 19.1 Å². The summed E-state index contributed by atoms with van der Waals surface area (Å²) in [4.78, 5) is 35.6. The summed E-state index contributed by atoms with van der Waals surface area (Å²) in [5.41, 5.74) is 1.89. The Morgan fingerprint density at radius 3 is 2.11 bits per heavy atom. The zero-order valence-electron chi connectivity index (χ0n) is 15.9. The highest BCUT2D eigenvalue weighted by Crippen LogP contribution is 2.25. The molecule has 0 atom stereocenters. The molecule has 2 aromatic carbocycles. The quantitative estimate of drug-likeness (QED) is 0.672. The molecule has 2 N–H and O–H groups in total. The molecular weight excluding hydrogens is 364 g/mol. The smallest absolute Gasteiger partial charge is 0.325 e. The predicted octanol–water partition coefficient (Wildman–Crippen LogP) is 1.92. The third kappa shape index (κ3) is 6.31. The molecule has 0 heterocycles. The van der Waals surface area contributed by atoms with Crippen molar-refractivity contribution in [3.05, 3.63) is 53.6 Å². The summed E-state index contributed by atoms with van der Waals surface area (Å²) in [6.45, 7) is 1.08. The fraction of sp³-hybridized carbons (Fsp3) is 0.250. The second-order valence-electron chi connectivity index (χ2n) is 5.86. The van der Waals surface area contributed by atoms with Crippen molar-refractivity contribution in [1.29, 1.82) is 0 Å². The normalized spacial score (nSPS) is 9.96. The lowest BCUT2D eigenvalue weighted by Crippen LogP contribution is -2.32. The fourth-order valence-corrected chi connectivity index (χ4v) is 2.23. The Hall–Kier alpha value is -3.55. The van der Waals surface area contributed by atoms with Gasteiger partial charge in [0.25, 0.3) is 11.8 Å². The van der Waals surface area contributed by atoms with Gasteiger partial charge in [-0.25, -0.2) is 0 Å². The molecule has 2 amide bonds. The summed E-state index contributed by atoms with van der Waals surface area (Å²) in [6.07, 6.45) is 0. The maximum atomic E-state index is 12.0. The van der Waals surface area contributed by atoms with Gasteiger partial charge in [0.05, 0.1) is 14.2 Å². The van der Waals surface area contributed by atoms with Crippen molar-refractivity contribution in [1.82, 2.24) is 5.32 Å². The van der Waals surface area contributed by atoms with Crippen molar-refractivity contribution >= 4 is 23.5 Å². The van der Waals surface area contributed by atoms with Gasteiger partial charge in [-0.15, -0.1) is 0 Å². The molecule has 0 aliphatic rings. The zero-order chi connectivity index (χ0) is 20.5. The summed E-state index contributed by atoms with van der Waals surface area (Å²) in [6, 6.07) is 11.8. The summed E-state index contributed by atoms with van der Waals surface area (Å²) in [7, 11) is 2.99. The summed E-state index contributed by atoms with van der Waals surface area (Å²) in [5, 5.41) is 5.02. The molecule has 28 heavy (non-hydrogen) atoms. The number of esters is 1. The maximum Gasteiger partial charge on any atom is 0.325 e. The summed E-state index contributed by atoms with van der Waals surface area (Å²) < 4.78 is 15.1. The number of benzene rings is 2. The molecular formula is C20H22N2O6. The van der Waals surface area contributed by atoms with E-state index in [4.69, 9.17) is 14.2 Å². The van der Waals surface area contributed by atoms with E-state index < -0.39 is 24.4 Å². The number of methoxy groups -OCH3 is 2. The molecule has 0 aromatic heterocycles. The Kier molecular flexibility index (Phi) is 7.38. The lowest BCUT2D eigenvalue weighted by atomic mass is 10.1. The van der Waals surface area contributed by atoms with Crippen LogP contribution in [0.15, 0.2) is 42.5 Å². The molecule has 0 spiro atoms. The van der Waals surface area contributed by atoms with Gasteiger partial charge in [0, 0.05) is 29.4 Å². The van der Waals surface area contributed by atoms with Crippen molar-refractivity contribution in [2.45, 2.75) is 6.92 Å². The Morgan fingerprint density at radius 2 is 1.54 bits per heavy atom. The van der Waals surface area contributed by atoms with Crippen LogP contribution in [0.25, 0.3) is 0 Å². The molecule has 8 heteroatoms. The van der Waals surface area contributed by atoms with Crippen molar-refractivity contribution in [3.63, 3.8) is 0 Å². The first-order valence-corrected chi connectivity index (χ1v) is 8.44. The van der Waals surface area contributed by atoms with Crippen LogP contribution in [0.1, 0.15) is 15.9 Å². The lowest BCUT2D eigenvalue weighted by Gasteiger charge is -2.10. The SMILES string of the molecule is COc1cc(NC(=O)COC(=O)CNC(=O)c2ccc(C)cc2)cc(OC)c1. The van der Waals surface area contributed by atoms with Crippen LogP contribution in [-0.2, 0) is 14.3 Å². The highest BCUT2D eigenvalue weighted by molar-refractivity contribution is 5.96. The number of hydrogen-bond acceptors (Lipinski definition) is 6. The second kappa shape index (κ2) is 9.96. The summed E-state index contributed by atoms with van der Waals surface area (Å²) >= 11 is 0. The molecule has 0 saturated carbocycles. The first-order valence-electron chi connectivity index (χ1n) is 8.44. The van der Waals surface area contributed by atoms with E-state index in [9.17, 15) is 14.4 Å². The molecule has 0 bridgehead atoms. The van der Waals surface area contributed by atoms with Gasteiger partial charge < -0.3 is 24.8 Å². The van der Waals surface area contributed by atoms with E-state index in [2.05, 4.69) is 10.6 Å². The van der Waals surface area contributed by atoms with Crippen LogP contribution in [0, 0.1) is 6.92 Å². The highest BCUT2D eigenvalue weighted by Gasteiger charge is 2.12. The molecule has 8 nitrogen and oxygen atoms in total. The monoisotopic (exact) mass is 386 g/mol. The van der Waals surface area contributed by atoms with E-state index in [1.807, 2.05) is 6.92 Å². The standard InChI is InChI=1S/C20H22N2O6/c1-13-4-6-14(7-5-13)20(25)21-11-19(24)28-12-18(23)22-15-8-16(26-2)10-17(9-15)27-3/h4-10H,11-12H2,1-3H3,(H,21,25)(H,22,23). The van der Waals surface area contributed by atoms with Crippen LogP contribution in [-0.4, -0.2) is 45.2 Å². The molecule has 148 valence electrons. The average Bonchev–Trinajstić information content (AvgIpc) is 2.70. The number of ether oxygens (including phenoxy) is 3. The third-order valence-corrected chi connectivity index (χ3v) is 3.71. The van der Waals surface area contributed by atoms with E-state index in [1.54, 1.807) is 42.5 Å². The molecule has 0 saturated heterocycles. The van der Waals surface area contributed by atoms with Gasteiger partial charge in [0.15, 0.2) is 6.61 Å². The first-order chi connectivity index (χ1) is 13.4. The molecule has 0 aliphatic carbocycles. The largest absolute Gasteiger partial charge is 0.497 e. The zero-order valence-corrected chi connectivity index (χ0v) is 15.9. The highest BCUT2D eigenvalue weighted by atomic mass is 16.5. The summed E-state index contributed by atoms with van der Waals surface area (Å²) in [5.74, 6) is -0.645. The van der Waals surface area contributed by atoms with Gasteiger partial charge in [-0.1, -0.05) is 17.7 Å². The Labute approximate surface area is 162 Å². The van der Waals surface area contributed by atoms with E-state index in [0.29, 0.717) is 22.7 Å². The van der Waals surface area contributed by atoms with Gasteiger partial charge in [-0.3, -0.25) is 14.4 Å². The minimum Gasteiger partial charge on any atom is -0.497 e. The number of aryl methyl sites for hydroxylation is 1. The molecule has 0 fully saturated rings. The first kappa shape index (κ1) is 20.8. The Balaban J connectivity index is 1.78. The van der Waals surface area contributed by atoms with Crippen molar-refractivity contribution in [2.24, 2.45) is 0 Å². The predicted molar refractivity (Wildman–Crippen MR) is 103 cm³/mol. The topological polar surface area (TPSA) is 103 Å². The Morgan fingerprint density at radius 1 is 0.929 bits per heavy atom. The number of amides is 2. The number of rotatable bonds is 8. The average molecular weight is 386 g/mol. The van der Waals surface area contributed by atoms with Crippen LogP contribution in [0.2, 0.25) is 0 Å². The van der Waals surface area contributed by atoms with Gasteiger partial charge >= 0.3 is 5.97 Å². The van der Waals surface area contributed by atoms with Crippen molar-refractivity contribution < 1.29 is 28.6 Å². The van der Waals surface area contributed by atoms with E-state index in [-0.39, 0.29) is 6.54 Å². The molecule has 2 aromatic rings. The van der Waals surface area contributed by atoms with E-state index in [0.717, 1.165) is 5.56 Å². The number of hydrogen-bond donors (Lipinski definition) is 2. The number of carbonyl (C=O) groups is 3. The molecule has 0 unspecified atom stereocenters. The van der Waals surface area contributed by atoms with E-state index >= 15 is 0 Å². The van der Waals surface area contributed by atoms with Gasteiger partial charge in [-0.2, -0.15) is 0 Å². The molecule has 0 radical (unpaired) electrons. The van der Waals surface area contributed by atoms with E-state index in [1.165, 1.54) is 14.2 Å². The lowest BCUT2D eigenvalue weighted by molar-refractivity contribution is -0.146. The van der Waals surface area contributed by atoms with Gasteiger partial charge in [0.1, 0.15) is 18.0 Å². The number of anilines is 1. The Bertz CT molecular complexity index is 826. The third-order valence-electron chi connectivity index (χ3n) is 3.71. The van der Waals surface area contributed by atoms with Crippen LogP contribution < -0.4 is 20.1 Å². The van der Waals surface area contributed by atoms with Crippen LogP contribution in [0.4, 0.5) is 5.69 Å². The van der Waals surface area contributed by atoms with Crippen LogP contribution in [0.5, 0.6) is 11.5 Å². The van der Waals surface area contributed by atoms with Crippen LogP contribution >= 0.6 is 0 Å². The second-order valence-corrected chi connectivity index (χ2v) is 5.86. The van der Waals surface area contributed by atoms with Crippen molar-refractivity contribution in [2.75, 3.05) is 32.7 Å². The number of carbonyl (C=O) groups excluding carboxylic acids is 3. The fourth-order valence-electron chi connectivity index (χ4n) is 2.23. The van der Waals surface area contributed by atoms with Gasteiger partial charge in [0.2, 0.25) is 0 Å².